The SMILES string of the molecule is COc1cc(N(C(C)=O)c2ccc(O)cc2)c2ncccc2c1. The number of phenolic OH excluding ortho intramolecular Hbond substituents is 1. The molecule has 5 nitrogen and oxygen atoms in total. The Morgan fingerprint density at radius 3 is 2.57 bits per heavy atom. The van der Waals surface area contributed by atoms with E-state index < -0.39 is 0 Å². The van der Waals surface area contributed by atoms with E-state index in [9.17, 15) is 9.90 Å². The Kier molecular flexibility index (Phi) is 3.85. The van der Waals surface area contributed by atoms with Crippen LogP contribution in [-0.4, -0.2) is 23.1 Å². The Labute approximate surface area is 133 Å². The van der Waals surface area contributed by atoms with E-state index in [1.807, 2.05) is 18.2 Å². The van der Waals surface area contributed by atoms with Crippen molar-refractivity contribution in [2.45, 2.75) is 6.92 Å². The predicted octanol–water partition coefficient (Wildman–Crippen LogP) is 3.63. The summed E-state index contributed by atoms with van der Waals surface area (Å²) in [4.78, 5) is 18.2. The molecule has 0 fully saturated rings. The van der Waals surface area contributed by atoms with Crippen LogP contribution in [-0.2, 0) is 4.79 Å². The number of hydrogen-bond acceptors (Lipinski definition) is 4. The quantitative estimate of drug-likeness (QED) is 0.802. The number of anilines is 2. The van der Waals surface area contributed by atoms with Crippen molar-refractivity contribution in [2.75, 3.05) is 12.0 Å². The van der Waals surface area contributed by atoms with Crippen LogP contribution in [0.15, 0.2) is 54.7 Å². The third-order valence-corrected chi connectivity index (χ3v) is 3.56. The van der Waals surface area contributed by atoms with Crippen LogP contribution in [0.1, 0.15) is 6.92 Å². The van der Waals surface area contributed by atoms with Gasteiger partial charge in [-0.2, -0.15) is 0 Å². The molecule has 0 aliphatic rings. The monoisotopic (exact) mass is 308 g/mol. The first kappa shape index (κ1) is 14.8. The van der Waals surface area contributed by atoms with Crippen LogP contribution in [0, 0.1) is 0 Å². The first-order valence-electron chi connectivity index (χ1n) is 7.12. The number of nitrogens with zero attached hydrogens (tertiary/aromatic N) is 2. The van der Waals surface area contributed by atoms with Crippen LogP contribution in [0.25, 0.3) is 10.9 Å². The summed E-state index contributed by atoms with van der Waals surface area (Å²) >= 11 is 0. The molecule has 3 aromatic rings. The van der Waals surface area contributed by atoms with Gasteiger partial charge in [-0.25, -0.2) is 0 Å². The summed E-state index contributed by atoms with van der Waals surface area (Å²) in [5.74, 6) is 0.632. The normalized spacial score (nSPS) is 10.5. The fraction of sp³-hybridized carbons (Fsp3) is 0.111. The largest absolute Gasteiger partial charge is 0.508 e. The van der Waals surface area contributed by atoms with Crippen molar-refractivity contribution in [1.82, 2.24) is 4.98 Å². The number of fused-ring (bicyclic) bond motifs is 1. The van der Waals surface area contributed by atoms with Gasteiger partial charge in [-0.1, -0.05) is 6.07 Å². The molecule has 0 aliphatic carbocycles. The average Bonchev–Trinajstić information content (AvgIpc) is 2.56. The summed E-state index contributed by atoms with van der Waals surface area (Å²) in [5.41, 5.74) is 1.99. The predicted molar refractivity (Wildman–Crippen MR) is 89.2 cm³/mol. The van der Waals surface area contributed by atoms with Gasteiger partial charge in [0.2, 0.25) is 5.91 Å². The Hall–Kier alpha value is -3.08. The summed E-state index contributed by atoms with van der Waals surface area (Å²) < 4.78 is 5.34. The molecule has 1 amide bonds. The molecule has 1 aromatic heterocycles. The Morgan fingerprint density at radius 2 is 1.91 bits per heavy atom. The standard InChI is InChI=1S/C18H16N2O3/c1-12(21)20(14-5-7-15(22)8-6-14)17-11-16(23-2)10-13-4-3-9-19-18(13)17/h3-11,22H,1-2H3. The lowest BCUT2D eigenvalue weighted by Crippen LogP contribution is -2.23. The number of carbonyl (C=O) groups excluding carboxylic acids is 1. The van der Waals surface area contributed by atoms with Gasteiger partial charge in [-0.15, -0.1) is 0 Å². The molecule has 0 bridgehead atoms. The molecule has 0 radical (unpaired) electrons. The number of methoxy groups -OCH3 is 1. The minimum absolute atomic E-state index is 0.144. The number of phenols is 1. The smallest absolute Gasteiger partial charge is 0.228 e. The molecule has 3 rings (SSSR count). The molecule has 116 valence electrons. The number of carbonyl (C=O) groups is 1. The summed E-state index contributed by atoms with van der Waals surface area (Å²) in [6.45, 7) is 1.49. The average molecular weight is 308 g/mol. The molecule has 5 heteroatoms. The van der Waals surface area contributed by atoms with E-state index in [1.165, 1.54) is 6.92 Å². The number of rotatable bonds is 3. The third-order valence-electron chi connectivity index (χ3n) is 3.56. The van der Waals surface area contributed by atoms with E-state index in [2.05, 4.69) is 4.98 Å². The number of aromatic nitrogens is 1. The minimum atomic E-state index is -0.157. The molecule has 0 spiro atoms. The summed E-state index contributed by atoms with van der Waals surface area (Å²) in [6.07, 6.45) is 1.69. The van der Waals surface area contributed by atoms with E-state index in [1.54, 1.807) is 48.5 Å². The van der Waals surface area contributed by atoms with E-state index in [0.717, 1.165) is 5.39 Å². The van der Waals surface area contributed by atoms with Gasteiger partial charge in [-0.3, -0.25) is 14.7 Å². The fourth-order valence-electron chi connectivity index (χ4n) is 2.53. The Bertz CT molecular complexity index is 860. The van der Waals surface area contributed by atoms with Crippen LogP contribution in [0.5, 0.6) is 11.5 Å². The molecule has 0 aliphatic heterocycles. The van der Waals surface area contributed by atoms with Crippen molar-refractivity contribution in [1.29, 1.82) is 0 Å². The van der Waals surface area contributed by atoms with Gasteiger partial charge in [0.25, 0.3) is 0 Å². The highest BCUT2D eigenvalue weighted by Gasteiger charge is 2.19. The number of aromatic hydroxyl groups is 1. The number of hydrogen-bond donors (Lipinski definition) is 1. The van der Waals surface area contributed by atoms with Crippen LogP contribution >= 0.6 is 0 Å². The zero-order chi connectivity index (χ0) is 16.4. The molecule has 0 atom stereocenters. The van der Waals surface area contributed by atoms with Crippen molar-refractivity contribution in [2.24, 2.45) is 0 Å². The first-order valence-corrected chi connectivity index (χ1v) is 7.12. The topological polar surface area (TPSA) is 62.7 Å². The maximum atomic E-state index is 12.3. The lowest BCUT2D eigenvalue weighted by Gasteiger charge is -2.23. The second kappa shape index (κ2) is 5.96. The first-order chi connectivity index (χ1) is 11.1. The highest BCUT2D eigenvalue weighted by Crippen LogP contribution is 2.35. The molecule has 2 aromatic carbocycles. The summed E-state index contributed by atoms with van der Waals surface area (Å²) in [7, 11) is 1.58. The summed E-state index contributed by atoms with van der Waals surface area (Å²) in [6, 6.07) is 13.9. The van der Waals surface area contributed by atoms with Gasteiger partial charge in [0.1, 0.15) is 11.5 Å². The van der Waals surface area contributed by atoms with Crippen LogP contribution in [0.3, 0.4) is 0 Å². The third kappa shape index (κ3) is 2.81. The Balaban J connectivity index is 2.25. The van der Waals surface area contributed by atoms with Crippen molar-refractivity contribution >= 4 is 28.2 Å². The van der Waals surface area contributed by atoms with Gasteiger partial charge in [-0.05, 0) is 36.4 Å². The van der Waals surface area contributed by atoms with Crippen LogP contribution in [0.4, 0.5) is 11.4 Å². The van der Waals surface area contributed by atoms with E-state index in [4.69, 9.17) is 4.74 Å². The maximum absolute atomic E-state index is 12.3. The van der Waals surface area contributed by atoms with Crippen LogP contribution < -0.4 is 9.64 Å². The zero-order valence-electron chi connectivity index (χ0n) is 12.9. The number of benzene rings is 2. The van der Waals surface area contributed by atoms with Gasteiger partial charge in [0, 0.05) is 30.3 Å². The second-order valence-electron chi connectivity index (χ2n) is 5.09. The van der Waals surface area contributed by atoms with Crippen molar-refractivity contribution < 1.29 is 14.6 Å². The van der Waals surface area contributed by atoms with E-state index in [-0.39, 0.29) is 11.7 Å². The molecular formula is C18H16N2O3. The highest BCUT2D eigenvalue weighted by atomic mass is 16.5. The minimum Gasteiger partial charge on any atom is -0.508 e. The number of ether oxygens (including phenoxy) is 1. The van der Waals surface area contributed by atoms with Crippen LogP contribution in [0.2, 0.25) is 0 Å². The lowest BCUT2D eigenvalue weighted by molar-refractivity contribution is -0.115. The Morgan fingerprint density at radius 1 is 1.17 bits per heavy atom. The number of amides is 1. The lowest BCUT2D eigenvalue weighted by atomic mass is 10.1. The van der Waals surface area contributed by atoms with Gasteiger partial charge >= 0.3 is 0 Å². The molecule has 0 saturated heterocycles. The van der Waals surface area contributed by atoms with Gasteiger partial charge < -0.3 is 9.84 Å². The molecular weight excluding hydrogens is 292 g/mol. The van der Waals surface area contributed by atoms with Crippen molar-refractivity contribution in [3.63, 3.8) is 0 Å². The van der Waals surface area contributed by atoms with Gasteiger partial charge in [0.05, 0.1) is 18.3 Å². The van der Waals surface area contributed by atoms with Gasteiger partial charge in [0.15, 0.2) is 0 Å². The maximum Gasteiger partial charge on any atom is 0.228 e. The van der Waals surface area contributed by atoms with Crippen molar-refractivity contribution in [3.05, 3.63) is 54.7 Å². The number of pyridine rings is 1. The molecule has 1 N–H and O–H groups in total. The molecule has 1 heterocycles. The van der Waals surface area contributed by atoms with E-state index >= 15 is 0 Å². The molecule has 23 heavy (non-hydrogen) atoms. The molecule has 0 unspecified atom stereocenters. The van der Waals surface area contributed by atoms with E-state index in [0.29, 0.717) is 22.6 Å². The molecule has 0 saturated carbocycles. The highest BCUT2D eigenvalue weighted by molar-refractivity contribution is 6.06. The second-order valence-corrected chi connectivity index (χ2v) is 5.09. The zero-order valence-corrected chi connectivity index (χ0v) is 12.9. The summed E-state index contributed by atoms with van der Waals surface area (Å²) in [5, 5.41) is 10.3. The fourth-order valence-corrected chi connectivity index (χ4v) is 2.53. The van der Waals surface area contributed by atoms with Crippen molar-refractivity contribution in [3.8, 4) is 11.5 Å².